The maximum Gasteiger partial charge on any atom is 0.280 e. The van der Waals surface area contributed by atoms with E-state index in [-0.39, 0.29) is 11.3 Å². The molecule has 0 amide bonds. The quantitative estimate of drug-likeness (QED) is 0.476. The highest BCUT2D eigenvalue weighted by Gasteiger charge is 2.14. The van der Waals surface area contributed by atoms with Crippen LogP contribution in [0.3, 0.4) is 0 Å². The second-order valence-electron chi connectivity index (χ2n) is 4.20. The normalized spacial score (nSPS) is 10.2. The molecule has 4 heteroatoms. The van der Waals surface area contributed by atoms with Crippen molar-refractivity contribution in [3.05, 3.63) is 63.7 Å². The second kappa shape index (κ2) is 5.44. The highest BCUT2D eigenvalue weighted by Crippen LogP contribution is 2.26. The Kier molecular flexibility index (Phi) is 3.71. The Labute approximate surface area is 110 Å². The Morgan fingerprint density at radius 3 is 2.26 bits per heavy atom. The molecule has 0 aliphatic heterocycles. The predicted molar refractivity (Wildman–Crippen MR) is 73.3 cm³/mol. The van der Waals surface area contributed by atoms with E-state index in [1.54, 1.807) is 6.07 Å². The summed E-state index contributed by atoms with van der Waals surface area (Å²) in [5, 5.41) is 10.9. The Balaban J connectivity index is 2.47. The summed E-state index contributed by atoms with van der Waals surface area (Å²) in [6.07, 6.45) is 1.45. The Morgan fingerprint density at radius 2 is 1.74 bits per heavy atom. The van der Waals surface area contributed by atoms with Gasteiger partial charge in [0, 0.05) is 6.07 Å². The average molecular weight is 255 g/mol. The molecule has 4 nitrogen and oxygen atoms in total. The van der Waals surface area contributed by atoms with E-state index in [0.717, 1.165) is 17.5 Å². The molecular formula is C15H13NO3. The molecule has 0 saturated carbocycles. The standard InChI is InChI=1S/C15H13NO3/c1-2-11-3-5-12(6-4-11)13-7-8-14(10-17)15(9-13)16(18)19/h3-10H,2H2,1H3. The molecule has 0 fully saturated rings. The smallest absolute Gasteiger partial charge is 0.280 e. The number of aryl methyl sites for hydroxylation is 1. The van der Waals surface area contributed by atoms with Gasteiger partial charge < -0.3 is 0 Å². The van der Waals surface area contributed by atoms with Gasteiger partial charge in [-0.05, 0) is 29.2 Å². The van der Waals surface area contributed by atoms with Gasteiger partial charge in [0.25, 0.3) is 5.69 Å². The number of nitro groups is 1. The summed E-state index contributed by atoms with van der Waals surface area (Å²) in [6.45, 7) is 2.07. The number of benzene rings is 2. The molecule has 0 saturated heterocycles. The van der Waals surface area contributed by atoms with Gasteiger partial charge in [-0.3, -0.25) is 14.9 Å². The van der Waals surface area contributed by atoms with Crippen LogP contribution < -0.4 is 0 Å². The molecule has 96 valence electrons. The molecule has 0 spiro atoms. The van der Waals surface area contributed by atoms with Crippen molar-refractivity contribution >= 4 is 12.0 Å². The molecule has 0 aromatic heterocycles. The number of carbonyl (C=O) groups excluding carboxylic acids is 1. The first kappa shape index (κ1) is 13.0. The SMILES string of the molecule is CCc1ccc(-c2ccc(C=O)c([N+](=O)[O-])c2)cc1. The van der Waals surface area contributed by atoms with Crippen LogP contribution in [0.2, 0.25) is 0 Å². The van der Waals surface area contributed by atoms with Crippen LogP contribution in [0, 0.1) is 10.1 Å². The fourth-order valence-corrected chi connectivity index (χ4v) is 1.91. The first-order valence-electron chi connectivity index (χ1n) is 5.98. The van der Waals surface area contributed by atoms with Crippen molar-refractivity contribution in [3.8, 4) is 11.1 Å². The summed E-state index contributed by atoms with van der Waals surface area (Å²) in [5.74, 6) is 0. The molecule has 2 rings (SSSR count). The molecule has 0 heterocycles. The van der Waals surface area contributed by atoms with E-state index in [0.29, 0.717) is 6.29 Å². The number of nitrogens with zero attached hydrogens (tertiary/aromatic N) is 1. The van der Waals surface area contributed by atoms with Gasteiger partial charge in [-0.25, -0.2) is 0 Å². The molecule has 0 unspecified atom stereocenters. The minimum absolute atomic E-state index is 0.0962. The third-order valence-corrected chi connectivity index (χ3v) is 3.05. The highest BCUT2D eigenvalue weighted by molar-refractivity contribution is 5.83. The van der Waals surface area contributed by atoms with E-state index in [9.17, 15) is 14.9 Å². The molecular weight excluding hydrogens is 242 g/mol. The predicted octanol–water partition coefficient (Wildman–Crippen LogP) is 3.64. The average Bonchev–Trinajstić information content (AvgIpc) is 2.46. The fourth-order valence-electron chi connectivity index (χ4n) is 1.91. The van der Waals surface area contributed by atoms with Gasteiger partial charge in [-0.1, -0.05) is 37.3 Å². The van der Waals surface area contributed by atoms with Crippen LogP contribution in [0.25, 0.3) is 11.1 Å². The molecule has 19 heavy (non-hydrogen) atoms. The van der Waals surface area contributed by atoms with Crippen LogP contribution >= 0.6 is 0 Å². The summed E-state index contributed by atoms with van der Waals surface area (Å²) in [7, 11) is 0. The van der Waals surface area contributed by atoms with Crippen LogP contribution in [0.1, 0.15) is 22.8 Å². The summed E-state index contributed by atoms with van der Waals surface area (Å²) < 4.78 is 0. The van der Waals surface area contributed by atoms with Gasteiger partial charge in [-0.15, -0.1) is 0 Å². The molecule has 0 aliphatic carbocycles. The summed E-state index contributed by atoms with van der Waals surface area (Å²) in [4.78, 5) is 21.1. The van der Waals surface area contributed by atoms with Crippen molar-refractivity contribution in [2.24, 2.45) is 0 Å². The number of aldehydes is 1. The van der Waals surface area contributed by atoms with Crippen LogP contribution in [-0.2, 0) is 6.42 Å². The Hall–Kier alpha value is -2.49. The maximum atomic E-state index is 10.9. The van der Waals surface area contributed by atoms with Crippen molar-refractivity contribution in [2.75, 3.05) is 0 Å². The zero-order valence-corrected chi connectivity index (χ0v) is 10.5. The number of nitro benzene ring substituents is 1. The van der Waals surface area contributed by atoms with Crippen LogP contribution in [-0.4, -0.2) is 11.2 Å². The third kappa shape index (κ3) is 2.68. The minimum Gasteiger partial charge on any atom is -0.298 e. The molecule has 0 atom stereocenters. The summed E-state index contributed by atoms with van der Waals surface area (Å²) in [5.41, 5.74) is 2.78. The lowest BCUT2D eigenvalue weighted by atomic mass is 10.0. The number of hydrogen-bond acceptors (Lipinski definition) is 3. The van der Waals surface area contributed by atoms with E-state index in [4.69, 9.17) is 0 Å². The minimum atomic E-state index is -0.534. The molecule has 0 radical (unpaired) electrons. The van der Waals surface area contributed by atoms with Gasteiger partial charge >= 0.3 is 0 Å². The zero-order chi connectivity index (χ0) is 13.8. The van der Waals surface area contributed by atoms with Gasteiger partial charge in [0.2, 0.25) is 0 Å². The first-order valence-corrected chi connectivity index (χ1v) is 5.98. The van der Waals surface area contributed by atoms with Gasteiger partial charge in [0.05, 0.1) is 10.5 Å². The van der Waals surface area contributed by atoms with Crippen molar-refractivity contribution < 1.29 is 9.72 Å². The summed E-state index contributed by atoms with van der Waals surface area (Å²) in [6, 6.07) is 12.5. The number of carbonyl (C=O) groups is 1. The van der Waals surface area contributed by atoms with Crippen molar-refractivity contribution in [1.29, 1.82) is 0 Å². The van der Waals surface area contributed by atoms with Crippen molar-refractivity contribution in [2.45, 2.75) is 13.3 Å². The zero-order valence-electron chi connectivity index (χ0n) is 10.5. The van der Waals surface area contributed by atoms with Crippen LogP contribution in [0.4, 0.5) is 5.69 Å². The topological polar surface area (TPSA) is 60.2 Å². The van der Waals surface area contributed by atoms with Crippen LogP contribution in [0.5, 0.6) is 0 Å². The third-order valence-electron chi connectivity index (χ3n) is 3.05. The van der Waals surface area contributed by atoms with Gasteiger partial charge in [0.1, 0.15) is 0 Å². The van der Waals surface area contributed by atoms with Crippen molar-refractivity contribution in [1.82, 2.24) is 0 Å². The van der Waals surface area contributed by atoms with E-state index in [1.165, 1.54) is 17.7 Å². The lowest BCUT2D eigenvalue weighted by molar-refractivity contribution is -0.385. The lowest BCUT2D eigenvalue weighted by Crippen LogP contribution is -1.94. The number of rotatable bonds is 4. The lowest BCUT2D eigenvalue weighted by Gasteiger charge is -2.04. The Bertz CT molecular complexity index is 618. The molecule has 0 N–H and O–H groups in total. The van der Waals surface area contributed by atoms with Crippen LogP contribution in [0.15, 0.2) is 42.5 Å². The molecule has 2 aromatic carbocycles. The first-order chi connectivity index (χ1) is 9.15. The van der Waals surface area contributed by atoms with E-state index < -0.39 is 4.92 Å². The summed E-state index contributed by atoms with van der Waals surface area (Å²) >= 11 is 0. The molecule has 2 aromatic rings. The molecule has 0 aliphatic rings. The monoisotopic (exact) mass is 255 g/mol. The van der Waals surface area contributed by atoms with E-state index in [1.807, 2.05) is 24.3 Å². The largest absolute Gasteiger partial charge is 0.298 e. The highest BCUT2D eigenvalue weighted by atomic mass is 16.6. The maximum absolute atomic E-state index is 10.9. The van der Waals surface area contributed by atoms with Crippen molar-refractivity contribution in [3.63, 3.8) is 0 Å². The fraction of sp³-hybridized carbons (Fsp3) is 0.133. The molecule has 0 bridgehead atoms. The Morgan fingerprint density at radius 1 is 1.11 bits per heavy atom. The van der Waals surface area contributed by atoms with E-state index >= 15 is 0 Å². The van der Waals surface area contributed by atoms with Gasteiger partial charge in [0.15, 0.2) is 6.29 Å². The number of hydrogen-bond donors (Lipinski definition) is 0. The van der Waals surface area contributed by atoms with E-state index in [2.05, 4.69) is 6.92 Å². The second-order valence-corrected chi connectivity index (χ2v) is 4.20. The van der Waals surface area contributed by atoms with Gasteiger partial charge in [-0.2, -0.15) is 0 Å².